The van der Waals surface area contributed by atoms with Gasteiger partial charge < -0.3 is 5.73 Å². The van der Waals surface area contributed by atoms with Gasteiger partial charge in [0, 0.05) is 17.8 Å². The van der Waals surface area contributed by atoms with Crippen LogP contribution in [0, 0.1) is 0 Å². The summed E-state index contributed by atoms with van der Waals surface area (Å²) in [6, 6.07) is 1.58. The lowest BCUT2D eigenvalue weighted by atomic mass is 10.2. The van der Waals surface area contributed by atoms with Gasteiger partial charge in [0.05, 0.1) is 0 Å². The highest BCUT2D eigenvalue weighted by atomic mass is 16.2. The van der Waals surface area contributed by atoms with Gasteiger partial charge in [-0.3, -0.25) is 9.59 Å². The van der Waals surface area contributed by atoms with Crippen LogP contribution in [-0.4, -0.2) is 16.4 Å². The summed E-state index contributed by atoms with van der Waals surface area (Å²) in [5.74, 6) is -0.227. The number of Topliss-reactive ketones (excluding diaryl/α,β-unsaturated/α-hetero) is 1. The van der Waals surface area contributed by atoms with Crippen molar-refractivity contribution < 1.29 is 9.59 Å². The van der Waals surface area contributed by atoms with Gasteiger partial charge in [-0.1, -0.05) is 0 Å². The third-order valence-corrected chi connectivity index (χ3v) is 1.56. The van der Waals surface area contributed by atoms with E-state index < -0.39 is 11.6 Å². The van der Waals surface area contributed by atoms with E-state index in [-0.39, 0.29) is 11.3 Å². The van der Waals surface area contributed by atoms with E-state index in [1.807, 2.05) is 0 Å². The van der Waals surface area contributed by atoms with Gasteiger partial charge in [0.2, 0.25) is 0 Å². The van der Waals surface area contributed by atoms with Crippen LogP contribution in [0.5, 0.6) is 0 Å². The van der Waals surface area contributed by atoms with Crippen molar-refractivity contribution in [2.24, 2.45) is 5.73 Å². The van der Waals surface area contributed by atoms with E-state index in [2.05, 4.69) is 0 Å². The van der Waals surface area contributed by atoms with E-state index in [1.165, 1.54) is 13.0 Å². The first-order valence-corrected chi connectivity index (χ1v) is 3.56. The second-order valence-corrected chi connectivity index (χ2v) is 2.52. The highest BCUT2D eigenvalue weighted by Gasteiger charge is 2.05. The van der Waals surface area contributed by atoms with E-state index in [1.54, 1.807) is 0 Å². The zero-order chi connectivity index (χ0) is 10.0. The topological polar surface area (TPSA) is 82.2 Å². The van der Waals surface area contributed by atoms with Crippen LogP contribution in [-0.2, 0) is 0 Å². The summed E-state index contributed by atoms with van der Waals surface area (Å²) in [6.45, 7) is 1.34. The molecule has 0 bridgehead atoms. The summed E-state index contributed by atoms with van der Waals surface area (Å²) in [4.78, 5) is 32.5. The Bertz CT molecular complexity index is 420. The average molecular weight is 180 g/mol. The molecule has 0 saturated carbocycles. The first-order chi connectivity index (χ1) is 6.02. The molecule has 0 aromatic carbocycles. The van der Waals surface area contributed by atoms with Crippen molar-refractivity contribution in [3.63, 3.8) is 0 Å². The number of hydrogen-bond acceptors (Lipinski definition) is 3. The first-order valence-electron chi connectivity index (χ1n) is 3.56. The van der Waals surface area contributed by atoms with E-state index in [0.717, 1.165) is 12.3 Å². The van der Waals surface area contributed by atoms with Crippen LogP contribution in [0.15, 0.2) is 23.1 Å². The highest BCUT2D eigenvalue weighted by Crippen LogP contribution is 1.95. The number of amides is 1. The summed E-state index contributed by atoms with van der Waals surface area (Å²) in [5.41, 5.74) is 4.63. The Morgan fingerprint density at radius 1 is 1.38 bits per heavy atom. The molecule has 0 spiro atoms. The number of pyridine rings is 1. The Hall–Kier alpha value is -1.91. The van der Waals surface area contributed by atoms with Gasteiger partial charge in [-0.05, 0) is 13.0 Å². The second kappa shape index (κ2) is 3.22. The number of carbonyl (C=O) groups excluding carboxylic acids is 2. The maximum Gasteiger partial charge on any atom is 0.325 e. The number of nitrogens with zero attached hydrogens (tertiary/aromatic N) is 1. The zero-order valence-corrected chi connectivity index (χ0v) is 6.98. The second-order valence-electron chi connectivity index (χ2n) is 2.52. The fraction of sp³-hybridized carbons (Fsp3) is 0.125. The minimum absolute atomic E-state index is 0.227. The third kappa shape index (κ3) is 1.81. The van der Waals surface area contributed by atoms with Gasteiger partial charge in [-0.2, -0.15) is 0 Å². The van der Waals surface area contributed by atoms with Crippen molar-refractivity contribution in [1.29, 1.82) is 0 Å². The molecule has 5 heteroatoms. The van der Waals surface area contributed by atoms with E-state index in [0.29, 0.717) is 4.57 Å². The normalized spacial score (nSPS) is 9.62. The average Bonchev–Trinajstić information content (AvgIpc) is 2.04. The van der Waals surface area contributed by atoms with E-state index >= 15 is 0 Å². The lowest BCUT2D eigenvalue weighted by molar-refractivity contribution is 0.101. The predicted octanol–water partition coefficient (Wildman–Crippen LogP) is -0.0223. The molecule has 0 aliphatic carbocycles. The molecule has 68 valence electrons. The summed E-state index contributed by atoms with van der Waals surface area (Å²) in [6.07, 6.45) is 1.13. The molecule has 1 aromatic rings. The summed E-state index contributed by atoms with van der Waals surface area (Å²) in [7, 11) is 0. The molecular formula is C8H8N2O3. The van der Waals surface area contributed by atoms with Gasteiger partial charge in [-0.25, -0.2) is 9.36 Å². The van der Waals surface area contributed by atoms with E-state index in [4.69, 9.17) is 5.73 Å². The van der Waals surface area contributed by atoms with Crippen LogP contribution >= 0.6 is 0 Å². The van der Waals surface area contributed by atoms with E-state index in [9.17, 15) is 14.4 Å². The largest absolute Gasteiger partial charge is 0.351 e. The summed E-state index contributed by atoms with van der Waals surface area (Å²) < 4.78 is 0.691. The number of primary amides is 1. The molecular weight excluding hydrogens is 172 g/mol. The smallest absolute Gasteiger partial charge is 0.325 e. The standard InChI is InChI=1S/C8H8N2O3/c1-5(11)6-2-3-7(12)10(4-6)8(9)13/h2-4H,1H3,(H2,9,13). The molecule has 1 aromatic heterocycles. The van der Waals surface area contributed by atoms with Gasteiger partial charge in [-0.15, -0.1) is 0 Å². The van der Waals surface area contributed by atoms with Crippen LogP contribution in [0.25, 0.3) is 0 Å². The van der Waals surface area contributed by atoms with Gasteiger partial charge in [0.15, 0.2) is 5.78 Å². The molecule has 1 amide bonds. The van der Waals surface area contributed by atoms with Crippen molar-refractivity contribution in [1.82, 2.24) is 4.57 Å². The number of aromatic nitrogens is 1. The molecule has 1 heterocycles. The van der Waals surface area contributed by atoms with Crippen molar-refractivity contribution in [2.45, 2.75) is 6.92 Å². The number of ketones is 1. The fourth-order valence-electron chi connectivity index (χ4n) is 0.868. The minimum atomic E-state index is -0.895. The Kier molecular flexibility index (Phi) is 2.27. The van der Waals surface area contributed by atoms with Crippen molar-refractivity contribution in [3.05, 3.63) is 34.2 Å². The lowest BCUT2D eigenvalue weighted by Gasteiger charge is -2.00. The highest BCUT2D eigenvalue weighted by molar-refractivity contribution is 5.94. The van der Waals surface area contributed by atoms with Gasteiger partial charge >= 0.3 is 6.03 Å². The lowest BCUT2D eigenvalue weighted by Crippen LogP contribution is -2.31. The predicted molar refractivity (Wildman–Crippen MR) is 45.7 cm³/mol. The Balaban J connectivity index is 3.35. The maximum absolute atomic E-state index is 11.0. The molecule has 0 radical (unpaired) electrons. The Morgan fingerprint density at radius 2 is 2.00 bits per heavy atom. The molecule has 13 heavy (non-hydrogen) atoms. The maximum atomic E-state index is 11.0. The van der Waals surface area contributed by atoms with Crippen LogP contribution in [0.4, 0.5) is 4.79 Å². The van der Waals surface area contributed by atoms with Crippen LogP contribution in [0.2, 0.25) is 0 Å². The Labute approximate surface area is 73.8 Å². The summed E-state index contributed by atoms with van der Waals surface area (Å²) in [5, 5.41) is 0. The molecule has 0 fully saturated rings. The Morgan fingerprint density at radius 3 is 2.46 bits per heavy atom. The van der Waals surface area contributed by atoms with Crippen LogP contribution in [0.3, 0.4) is 0 Å². The molecule has 0 aliphatic heterocycles. The number of rotatable bonds is 1. The van der Waals surface area contributed by atoms with Crippen LogP contribution < -0.4 is 11.3 Å². The fourth-order valence-corrected chi connectivity index (χ4v) is 0.868. The van der Waals surface area contributed by atoms with Crippen molar-refractivity contribution in [2.75, 3.05) is 0 Å². The van der Waals surface area contributed by atoms with Gasteiger partial charge in [0.25, 0.3) is 5.56 Å². The minimum Gasteiger partial charge on any atom is -0.351 e. The van der Waals surface area contributed by atoms with Gasteiger partial charge in [0.1, 0.15) is 0 Å². The number of hydrogen-bond donors (Lipinski definition) is 1. The SMILES string of the molecule is CC(=O)c1ccc(=O)n(C(N)=O)c1. The molecule has 5 nitrogen and oxygen atoms in total. The monoisotopic (exact) mass is 180 g/mol. The first kappa shape index (κ1) is 9.18. The number of carbonyl (C=O) groups is 2. The molecule has 1 rings (SSSR count). The van der Waals surface area contributed by atoms with Crippen molar-refractivity contribution in [3.8, 4) is 0 Å². The molecule has 0 saturated heterocycles. The molecule has 0 aliphatic rings. The number of nitrogens with two attached hydrogens (primary N) is 1. The van der Waals surface area contributed by atoms with Crippen molar-refractivity contribution >= 4 is 11.8 Å². The van der Waals surface area contributed by atoms with Crippen LogP contribution in [0.1, 0.15) is 17.3 Å². The third-order valence-electron chi connectivity index (χ3n) is 1.56. The molecule has 0 atom stereocenters. The zero-order valence-electron chi connectivity index (χ0n) is 6.98. The molecule has 0 unspecified atom stereocenters. The quantitative estimate of drug-likeness (QED) is 0.616. The summed E-state index contributed by atoms with van der Waals surface area (Å²) >= 11 is 0. The molecule has 2 N–H and O–H groups in total.